The SMILES string of the molecule is [2H]c1c([2H])c([2H])c(N(c2ccc3c4ccccc4n(-c4cccc5c4-c4c([2H])c([2H])c([2H])c([2H])c4C54c5c([2H])c([2H])c([2H])c([2H])c5-c5c([2H])c([2H])c([2H])c([2H])c54)c3c2)c2c([2H])c([2H])c([2H])c([2H])c2[2H])c([2H])c1[2H]. The smallest absolute Gasteiger partial charge is 0.0726 e. The topological polar surface area (TPSA) is 8.17 Å². The predicted octanol–water partition coefficient (Wildman–Crippen LogP) is 12.6. The van der Waals surface area contributed by atoms with E-state index in [2.05, 4.69) is 0 Å². The third-order valence-electron chi connectivity index (χ3n) is 9.71. The zero-order valence-corrected chi connectivity index (χ0v) is 26.2. The summed E-state index contributed by atoms with van der Waals surface area (Å²) in [4.78, 5) is 1.00. The number of benzene rings is 8. The molecule has 2 aliphatic carbocycles. The van der Waals surface area contributed by atoms with Gasteiger partial charge in [-0.25, -0.2) is 0 Å². The molecule has 1 spiro atoms. The van der Waals surface area contributed by atoms with Gasteiger partial charge in [-0.3, -0.25) is 0 Å². The summed E-state index contributed by atoms with van der Waals surface area (Å²) in [6.45, 7) is 0. The fourth-order valence-electron chi connectivity index (χ4n) is 7.86. The Hall–Kier alpha value is -6.64. The van der Waals surface area contributed by atoms with Crippen molar-refractivity contribution in [2.45, 2.75) is 5.41 Å². The van der Waals surface area contributed by atoms with E-state index in [1.54, 1.807) is 53.1 Å². The van der Waals surface area contributed by atoms with Crippen LogP contribution in [0.1, 0.15) is 52.4 Å². The monoisotopic (exact) mass is 670 g/mol. The normalized spacial score (nSPS) is 19.3. The van der Waals surface area contributed by atoms with Crippen molar-refractivity contribution in [3.8, 4) is 27.9 Å². The maximum atomic E-state index is 9.68. The molecular formula is C49H32N2. The molecule has 0 unspecified atom stereocenters. The van der Waals surface area contributed by atoms with E-state index in [-0.39, 0.29) is 61.4 Å². The number of rotatable bonds is 4. The average molecular weight is 671 g/mol. The Balaban J connectivity index is 1.34. The van der Waals surface area contributed by atoms with Crippen molar-refractivity contribution < 1.29 is 30.2 Å². The van der Waals surface area contributed by atoms with E-state index in [0.717, 1.165) is 4.90 Å². The second-order valence-corrected chi connectivity index (χ2v) is 12.0. The van der Waals surface area contributed by atoms with Crippen LogP contribution in [0, 0.1) is 0 Å². The van der Waals surface area contributed by atoms with Gasteiger partial charge in [0, 0.05) is 33.4 Å². The van der Waals surface area contributed by atoms with Crippen molar-refractivity contribution in [2.75, 3.05) is 4.90 Å². The molecule has 0 amide bonds. The number of nitrogens with zero attached hydrogens (tertiary/aromatic N) is 2. The highest BCUT2D eigenvalue weighted by molar-refractivity contribution is 6.11. The number of anilines is 3. The van der Waals surface area contributed by atoms with E-state index in [1.807, 2.05) is 0 Å². The molecule has 0 radical (unpaired) electrons. The molecule has 0 aliphatic heterocycles. The molecule has 11 rings (SSSR count). The summed E-state index contributed by atoms with van der Waals surface area (Å²) in [6.07, 6.45) is 0. The highest BCUT2D eigenvalue weighted by Crippen LogP contribution is 2.63. The van der Waals surface area contributed by atoms with Gasteiger partial charge in [-0.2, -0.15) is 0 Å². The second-order valence-electron chi connectivity index (χ2n) is 12.0. The molecule has 2 aliphatic rings. The molecule has 0 atom stereocenters. The third-order valence-corrected chi connectivity index (χ3v) is 9.71. The minimum Gasteiger partial charge on any atom is -0.310 e. The van der Waals surface area contributed by atoms with Crippen LogP contribution in [0.5, 0.6) is 0 Å². The van der Waals surface area contributed by atoms with Crippen molar-refractivity contribution >= 4 is 38.9 Å². The molecule has 1 aromatic heterocycles. The van der Waals surface area contributed by atoms with Gasteiger partial charge in [-0.1, -0.05) is 145 Å². The number of hydrogen-bond donors (Lipinski definition) is 0. The molecule has 2 heteroatoms. The Bertz CT molecular complexity index is 3890. The van der Waals surface area contributed by atoms with Gasteiger partial charge in [0.05, 0.1) is 52.3 Å². The van der Waals surface area contributed by atoms with Gasteiger partial charge in [0.2, 0.25) is 0 Å². The van der Waals surface area contributed by atoms with Crippen molar-refractivity contribution in [3.05, 3.63) is 216 Å². The van der Waals surface area contributed by atoms with E-state index in [9.17, 15) is 8.22 Å². The molecule has 2 nitrogen and oxygen atoms in total. The first-order chi connectivity index (χ1) is 34.5. The molecule has 51 heavy (non-hydrogen) atoms. The molecule has 0 saturated heterocycles. The molecular weight excluding hydrogens is 617 g/mol. The summed E-state index contributed by atoms with van der Waals surface area (Å²) in [5.74, 6) is 0. The van der Waals surface area contributed by atoms with E-state index < -0.39 is 150 Å². The van der Waals surface area contributed by atoms with Gasteiger partial charge in [0.15, 0.2) is 0 Å². The third kappa shape index (κ3) is 3.76. The zero-order chi connectivity index (χ0) is 52.7. The lowest BCUT2D eigenvalue weighted by Gasteiger charge is -2.30. The number of fused-ring (bicyclic) bond motifs is 13. The highest BCUT2D eigenvalue weighted by atomic mass is 15.1. The van der Waals surface area contributed by atoms with Crippen LogP contribution < -0.4 is 4.90 Å². The summed E-state index contributed by atoms with van der Waals surface area (Å²) in [5.41, 5.74) is -3.69. The Labute approximate surface area is 328 Å². The van der Waals surface area contributed by atoms with Crippen LogP contribution in [-0.2, 0) is 5.41 Å². The number of para-hydroxylation sites is 3. The van der Waals surface area contributed by atoms with Gasteiger partial charge < -0.3 is 9.47 Å². The van der Waals surface area contributed by atoms with Crippen LogP contribution in [0.15, 0.2) is 194 Å². The van der Waals surface area contributed by atoms with Crippen LogP contribution in [0.4, 0.5) is 17.1 Å². The van der Waals surface area contributed by atoms with Crippen LogP contribution in [-0.4, -0.2) is 4.57 Å². The first kappa shape index (κ1) is 14.3. The summed E-state index contributed by atoms with van der Waals surface area (Å²) in [6, 6.07) is 0.706. The predicted molar refractivity (Wildman–Crippen MR) is 212 cm³/mol. The lowest BCUT2D eigenvalue weighted by molar-refractivity contribution is 0.793. The van der Waals surface area contributed by atoms with Crippen molar-refractivity contribution in [1.82, 2.24) is 4.57 Å². The molecule has 238 valence electrons. The molecule has 0 N–H and O–H groups in total. The van der Waals surface area contributed by atoms with E-state index >= 15 is 0 Å². The minimum atomic E-state index is -2.24. The number of aromatic nitrogens is 1. The van der Waals surface area contributed by atoms with Crippen LogP contribution in [0.25, 0.3) is 49.7 Å². The average Bonchev–Trinajstić information content (AvgIpc) is 4.00. The quantitative estimate of drug-likeness (QED) is 0.181. The fourth-order valence-corrected chi connectivity index (χ4v) is 7.86. The van der Waals surface area contributed by atoms with E-state index in [1.165, 1.54) is 12.1 Å². The molecule has 0 fully saturated rings. The zero-order valence-electron chi connectivity index (χ0n) is 48.2. The van der Waals surface area contributed by atoms with E-state index in [0.29, 0.717) is 16.3 Å². The van der Waals surface area contributed by atoms with Gasteiger partial charge >= 0.3 is 0 Å². The first-order valence-electron chi connectivity index (χ1n) is 26.9. The number of hydrogen-bond acceptors (Lipinski definition) is 1. The van der Waals surface area contributed by atoms with Gasteiger partial charge in [0.1, 0.15) is 0 Å². The molecule has 8 aromatic carbocycles. The standard InChI is InChI=1S/C49H32N2/c1-3-16-33(17-4-1)50(34-18-5-2-6-19-34)35-30-31-39-38-22-10-14-28-45(38)51(47(39)32-35)46-29-15-27-44-48(46)40-23-9-13-26-43(40)49(44)41-24-11-7-20-36(41)37-21-8-12-25-42(37)49/h1-32H/i1D,2D,3D,4D,5D,6D,7D,8D,9D,11D,12D,13D,16D,17D,18D,19D,20D,21D,23D,24D,25D,26D. The van der Waals surface area contributed by atoms with Crippen LogP contribution in [0.3, 0.4) is 0 Å². The lowest BCUT2D eigenvalue weighted by Crippen LogP contribution is -2.25. The van der Waals surface area contributed by atoms with Gasteiger partial charge in [-0.05, 0) is 87.4 Å². The Morgan fingerprint density at radius 2 is 0.980 bits per heavy atom. The fraction of sp³-hybridized carbons (Fsp3) is 0.0204. The maximum absolute atomic E-state index is 9.68. The van der Waals surface area contributed by atoms with Crippen LogP contribution >= 0.6 is 0 Å². The maximum Gasteiger partial charge on any atom is 0.0726 e. The van der Waals surface area contributed by atoms with Gasteiger partial charge in [-0.15, -0.1) is 0 Å². The molecule has 1 heterocycles. The van der Waals surface area contributed by atoms with E-state index in [4.69, 9.17) is 21.9 Å². The van der Waals surface area contributed by atoms with Crippen LogP contribution in [0.2, 0.25) is 0 Å². The second kappa shape index (κ2) is 10.7. The molecule has 9 aromatic rings. The van der Waals surface area contributed by atoms with Crippen molar-refractivity contribution in [3.63, 3.8) is 0 Å². The molecule has 0 bridgehead atoms. The Kier molecular flexibility index (Phi) is 2.99. The lowest BCUT2D eigenvalue weighted by atomic mass is 9.70. The summed E-state index contributed by atoms with van der Waals surface area (Å²) in [5, 5.41) is 1.11. The van der Waals surface area contributed by atoms with Crippen molar-refractivity contribution in [1.29, 1.82) is 0 Å². The van der Waals surface area contributed by atoms with Crippen molar-refractivity contribution in [2.24, 2.45) is 0 Å². The largest absolute Gasteiger partial charge is 0.310 e. The summed E-state index contributed by atoms with van der Waals surface area (Å²) >= 11 is 0. The summed E-state index contributed by atoms with van der Waals surface area (Å²) in [7, 11) is 0. The minimum absolute atomic E-state index is 0.0503. The Morgan fingerprint density at radius 3 is 1.65 bits per heavy atom. The summed E-state index contributed by atoms with van der Waals surface area (Å²) < 4.78 is 199. The molecule has 0 saturated carbocycles. The Morgan fingerprint density at radius 1 is 0.431 bits per heavy atom. The highest BCUT2D eigenvalue weighted by Gasteiger charge is 2.52. The first-order valence-corrected chi connectivity index (χ1v) is 15.9. The van der Waals surface area contributed by atoms with Gasteiger partial charge in [0.25, 0.3) is 0 Å².